The van der Waals surface area contributed by atoms with Gasteiger partial charge in [-0.2, -0.15) is 4.31 Å². The Morgan fingerprint density at radius 2 is 1.73 bits per heavy atom. The quantitative estimate of drug-likeness (QED) is 0.518. The summed E-state index contributed by atoms with van der Waals surface area (Å²) in [6, 6.07) is 5.16. The minimum atomic E-state index is -3.13. The van der Waals surface area contributed by atoms with Crippen molar-refractivity contribution in [2.75, 3.05) is 65.2 Å². The van der Waals surface area contributed by atoms with Gasteiger partial charge >= 0.3 is 0 Å². The van der Waals surface area contributed by atoms with Gasteiger partial charge in [-0.3, -0.25) is 9.59 Å². The molecular weight excluding hydrogens is 487 g/mol. The Labute approximate surface area is 205 Å². The molecule has 2 saturated heterocycles. The number of amides is 2. The molecule has 0 N–H and O–H groups in total. The summed E-state index contributed by atoms with van der Waals surface area (Å²) >= 11 is 11.9. The lowest BCUT2D eigenvalue weighted by atomic mass is 10.2. The zero-order chi connectivity index (χ0) is 24.0. The molecule has 0 aliphatic carbocycles. The van der Waals surface area contributed by atoms with Crippen LogP contribution in [0.2, 0.25) is 10.0 Å². The Morgan fingerprint density at radius 3 is 2.39 bits per heavy atom. The maximum absolute atomic E-state index is 12.6. The van der Waals surface area contributed by atoms with Gasteiger partial charge in [0.25, 0.3) is 0 Å². The third-order valence-electron chi connectivity index (χ3n) is 5.96. The van der Waals surface area contributed by atoms with Crippen molar-refractivity contribution < 1.29 is 18.0 Å². The summed E-state index contributed by atoms with van der Waals surface area (Å²) in [4.78, 5) is 30.9. The summed E-state index contributed by atoms with van der Waals surface area (Å²) in [6.45, 7) is 5.26. The van der Waals surface area contributed by atoms with E-state index in [-0.39, 0.29) is 11.8 Å². The van der Waals surface area contributed by atoms with Crippen LogP contribution in [0.5, 0.6) is 0 Å². The van der Waals surface area contributed by atoms with Crippen LogP contribution in [0.3, 0.4) is 0 Å². The van der Waals surface area contributed by atoms with Crippen molar-refractivity contribution in [3.8, 4) is 0 Å². The molecular formula is C22H30Cl2N4O4S. The van der Waals surface area contributed by atoms with Crippen LogP contribution in [0.25, 0.3) is 6.08 Å². The van der Waals surface area contributed by atoms with Crippen LogP contribution in [0, 0.1) is 0 Å². The molecule has 2 aliphatic heterocycles. The minimum absolute atomic E-state index is 0.0562. The zero-order valence-corrected chi connectivity index (χ0v) is 21.1. The van der Waals surface area contributed by atoms with E-state index in [0.717, 1.165) is 18.5 Å². The summed E-state index contributed by atoms with van der Waals surface area (Å²) in [6.07, 6.45) is 5.55. The van der Waals surface area contributed by atoms with Gasteiger partial charge < -0.3 is 14.7 Å². The van der Waals surface area contributed by atoms with Crippen molar-refractivity contribution in [2.24, 2.45) is 0 Å². The number of carbonyl (C=O) groups excluding carboxylic acids is 2. The van der Waals surface area contributed by atoms with Gasteiger partial charge in [0, 0.05) is 64.9 Å². The molecule has 33 heavy (non-hydrogen) atoms. The highest BCUT2D eigenvalue weighted by Gasteiger charge is 2.25. The fraction of sp³-hybridized carbons (Fsp3) is 0.545. The predicted molar refractivity (Wildman–Crippen MR) is 131 cm³/mol. The highest BCUT2D eigenvalue weighted by atomic mass is 35.5. The van der Waals surface area contributed by atoms with Gasteiger partial charge in [-0.05, 0) is 36.7 Å². The molecule has 2 amide bonds. The van der Waals surface area contributed by atoms with Gasteiger partial charge in [-0.25, -0.2) is 8.42 Å². The Kier molecular flexibility index (Phi) is 9.17. The molecule has 182 valence electrons. The van der Waals surface area contributed by atoms with E-state index in [0.29, 0.717) is 68.8 Å². The number of rotatable bonds is 7. The standard InChI is InChI=1S/C22H30Cl2N4O4S/c1-33(31,32)28-15-11-25(12-16-28)8-2-9-26-13-14-27(10-7-22(26)30)21(29)6-4-18-3-5-19(23)20(24)17-18/h3-6,17H,2,7-16H2,1H3/b6-4+. The van der Waals surface area contributed by atoms with Gasteiger partial charge in [0.15, 0.2) is 0 Å². The lowest BCUT2D eigenvalue weighted by Crippen LogP contribution is -2.48. The van der Waals surface area contributed by atoms with E-state index in [1.807, 2.05) is 4.90 Å². The highest BCUT2D eigenvalue weighted by Crippen LogP contribution is 2.23. The minimum Gasteiger partial charge on any atom is -0.341 e. The molecule has 1 aromatic rings. The molecule has 2 heterocycles. The average Bonchev–Trinajstić information content (AvgIpc) is 2.96. The van der Waals surface area contributed by atoms with E-state index < -0.39 is 10.0 Å². The molecule has 1 aromatic carbocycles. The van der Waals surface area contributed by atoms with Crippen molar-refractivity contribution in [3.05, 3.63) is 39.9 Å². The number of benzene rings is 1. The van der Waals surface area contributed by atoms with Crippen molar-refractivity contribution in [2.45, 2.75) is 12.8 Å². The molecule has 0 bridgehead atoms. The van der Waals surface area contributed by atoms with Crippen LogP contribution in [0.4, 0.5) is 0 Å². The fourth-order valence-corrected chi connectivity index (χ4v) is 5.12. The molecule has 0 spiro atoms. The molecule has 0 saturated carbocycles. The van der Waals surface area contributed by atoms with Gasteiger partial charge in [0.05, 0.1) is 16.3 Å². The number of halogens is 2. The molecule has 0 unspecified atom stereocenters. The number of piperazine rings is 1. The second kappa shape index (κ2) is 11.7. The molecule has 0 radical (unpaired) electrons. The first-order valence-corrected chi connectivity index (χ1v) is 13.6. The Bertz CT molecular complexity index is 994. The third-order valence-corrected chi connectivity index (χ3v) is 8.01. The second-order valence-electron chi connectivity index (χ2n) is 8.32. The fourth-order valence-electron chi connectivity index (χ4n) is 3.98. The lowest BCUT2D eigenvalue weighted by Gasteiger charge is -2.33. The van der Waals surface area contributed by atoms with Crippen molar-refractivity contribution >= 4 is 51.1 Å². The van der Waals surface area contributed by atoms with Gasteiger partial charge in [0.1, 0.15) is 0 Å². The first-order chi connectivity index (χ1) is 15.6. The lowest BCUT2D eigenvalue weighted by molar-refractivity contribution is -0.130. The Morgan fingerprint density at radius 1 is 1.00 bits per heavy atom. The van der Waals surface area contributed by atoms with E-state index >= 15 is 0 Å². The summed E-state index contributed by atoms with van der Waals surface area (Å²) < 4.78 is 24.7. The van der Waals surface area contributed by atoms with Gasteiger partial charge in [-0.15, -0.1) is 0 Å². The van der Waals surface area contributed by atoms with Crippen LogP contribution in [-0.2, 0) is 19.6 Å². The van der Waals surface area contributed by atoms with E-state index in [9.17, 15) is 18.0 Å². The van der Waals surface area contributed by atoms with Crippen LogP contribution in [-0.4, -0.2) is 104 Å². The van der Waals surface area contributed by atoms with E-state index in [4.69, 9.17) is 23.2 Å². The van der Waals surface area contributed by atoms with Crippen LogP contribution >= 0.6 is 23.2 Å². The molecule has 2 fully saturated rings. The van der Waals surface area contributed by atoms with E-state index in [1.54, 1.807) is 29.2 Å². The second-order valence-corrected chi connectivity index (χ2v) is 11.1. The number of carbonyl (C=O) groups is 2. The predicted octanol–water partition coefficient (Wildman–Crippen LogP) is 2.03. The topological polar surface area (TPSA) is 81.2 Å². The maximum Gasteiger partial charge on any atom is 0.246 e. The number of hydrogen-bond acceptors (Lipinski definition) is 5. The Balaban J connectivity index is 1.43. The third kappa shape index (κ3) is 7.68. The molecule has 0 atom stereocenters. The number of nitrogens with zero attached hydrogens (tertiary/aromatic N) is 4. The van der Waals surface area contributed by atoms with Crippen LogP contribution < -0.4 is 0 Å². The Hall–Kier alpha value is -1.65. The van der Waals surface area contributed by atoms with E-state index in [2.05, 4.69) is 4.90 Å². The molecule has 2 aliphatic rings. The number of hydrogen-bond donors (Lipinski definition) is 0. The van der Waals surface area contributed by atoms with Gasteiger partial charge in [0.2, 0.25) is 21.8 Å². The van der Waals surface area contributed by atoms with Gasteiger partial charge in [-0.1, -0.05) is 29.3 Å². The summed E-state index contributed by atoms with van der Waals surface area (Å²) in [5, 5.41) is 0.891. The average molecular weight is 517 g/mol. The SMILES string of the molecule is CS(=O)(=O)N1CCN(CCCN2CCN(C(=O)/C=C/c3ccc(Cl)c(Cl)c3)CCC2=O)CC1. The summed E-state index contributed by atoms with van der Waals surface area (Å²) in [7, 11) is -3.13. The first kappa shape index (κ1) is 26.0. The molecule has 11 heteroatoms. The molecule has 0 aromatic heterocycles. The largest absolute Gasteiger partial charge is 0.341 e. The first-order valence-electron chi connectivity index (χ1n) is 11.0. The number of sulfonamides is 1. The van der Waals surface area contributed by atoms with Crippen molar-refractivity contribution in [3.63, 3.8) is 0 Å². The molecule has 3 rings (SSSR count). The monoisotopic (exact) mass is 516 g/mol. The van der Waals surface area contributed by atoms with E-state index in [1.165, 1.54) is 16.6 Å². The zero-order valence-electron chi connectivity index (χ0n) is 18.8. The summed E-state index contributed by atoms with van der Waals surface area (Å²) in [5.41, 5.74) is 0.780. The van der Waals surface area contributed by atoms with Crippen molar-refractivity contribution in [1.82, 2.24) is 19.0 Å². The van der Waals surface area contributed by atoms with Crippen LogP contribution in [0.1, 0.15) is 18.4 Å². The molecule has 8 nitrogen and oxygen atoms in total. The highest BCUT2D eigenvalue weighted by molar-refractivity contribution is 7.88. The van der Waals surface area contributed by atoms with Crippen LogP contribution in [0.15, 0.2) is 24.3 Å². The maximum atomic E-state index is 12.6. The smallest absolute Gasteiger partial charge is 0.246 e. The van der Waals surface area contributed by atoms with Crippen molar-refractivity contribution in [1.29, 1.82) is 0 Å². The normalized spacial score (nSPS) is 19.3. The summed E-state index contributed by atoms with van der Waals surface area (Å²) in [5.74, 6) is -0.0832.